The molecule has 0 fully saturated rings. The van der Waals surface area contributed by atoms with Crippen LogP contribution in [-0.4, -0.2) is 35.7 Å². The smallest absolute Gasteiger partial charge is 0.376 e. The first kappa shape index (κ1) is 32.5. The standard InChI is InChI=1S/C24H53NO3Si.ClH/c1-8-10-11-12-13-14-15-16-17-18-19-20-22-24(21-9-2,23(3,4)25)29(26-5,27-6)28-7;/h8-22,25H2,1-7H3;1H. The van der Waals surface area contributed by atoms with E-state index in [1.165, 1.54) is 70.6 Å². The van der Waals surface area contributed by atoms with Gasteiger partial charge in [-0.2, -0.15) is 0 Å². The summed E-state index contributed by atoms with van der Waals surface area (Å²) in [5.74, 6) is 0. The number of hydrogen-bond donors (Lipinski definition) is 1. The lowest BCUT2D eigenvalue weighted by Gasteiger charge is -2.51. The van der Waals surface area contributed by atoms with E-state index in [9.17, 15) is 0 Å². The van der Waals surface area contributed by atoms with Gasteiger partial charge in [-0.3, -0.25) is 0 Å². The highest BCUT2D eigenvalue weighted by Gasteiger charge is 2.64. The Kier molecular flexibility index (Phi) is 19.4. The van der Waals surface area contributed by atoms with Gasteiger partial charge in [0.15, 0.2) is 0 Å². The predicted octanol–water partition coefficient (Wildman–Crippen LogP) is 7.66. The normalized spacial score (nSPS) is 14.4. The molecule has 0 rings (SSSR count). The van der Waals surface area contributed by atoms with Crippen LogP contribution in [-0.2, 0) is 13.3 Å². The average molecular weight is 468 g/mol. The van der Waals surface area contributed by atoms with Gasteiger partial charge < -0.3 is 19.0 Å². The summed E-state index contributed by atoms with van der Waals surface area (Å²) >= 11 is 0. The van der Waals surface area contributed by atoms with Crippen molar-refractivity contribution in [2.75, 3.05) is 21.3 Å². The molecular weight excluding hydrogens is 414 g/mol. The van der Waals surface area contributed by atoms with Crippen molar-refractivity contribution in [3.63, 3.8) is 0 Å². The monoisotopic (exact) mass is 467 g/mol. The fraction of sp³-hybridized carbons (Fsp3) is 1.00. The summed E-state index contributed by atoms with van der Waals surface area (Å²) in [6, 6.07) is 0. The van der Waals surface area contributed by atoms with Gasteiger partial charge in [0.05, 0.1) is 5.04 Å². The van der Waals surface area contributed by atoms with Crippen LogP contribution in [0.3, 0.4) is 0 Å². The zero-order chi connectivity index (χ0) is 22.2. The van der Waals surface area contributed by atoms with Crippen LogP contribution < -0.4 is 5.73 Å². The fourth-order valence-corrected chi connectivity index (χ4v) is 8.50. The minimum Gasteiger partial charge on any atom is -0.376 e. The van der Waals surface area contributed by atoms with Gasteiger partial charge in [0.1, 0.15) is 0 Å². The van der Waals surface area contributed by atoms with E-state index in [1.54, 1.807) is 21.3 Å². The second kappa shape index (κ2) is 17.9. The van der Waals surface area contributed by atoms with Crippen LogP contribution in [0.25, 0.3) is 0 Å². The zero-order valence-electron chi connectivity index (χ0n) is 21.3. The summed E-state index contributed by atoms with van der Waals surface area (Å²) in [7, 11) is 2.28. The Labute approximate surface area is 196 Å². The van der Waals surface area contributed by atoms with Crippen LogP contribution in [0.15, 0.2) is 0 Å². The van der Waals surface area contributed by atoms with Gasteiger partial charge in [0, 0.05) is 26.9 Å². The lowest BCUT2D eigenvalue weighted by Crippen LogP contribution is -2.65. The molecule has 2 N–H and O–H groups in total. The zero-order valence-corrected chi connectivity index (χ0v) is 23.1. The largest absolute Gasteiger partial charge is 0.508 e. The molecule has 0 radical (unpaired) electrons. The van der Waals surface area contributed by atoms with E-state index in [0.29, 0.717) is 0 Å². The minimum atomic E-state index is -2.88. The van der Waals surface area contributed by atoms with Crippen molar-refractivity contribution >= 4 is 21.2 Å². The third-order valence-electron chi connectivity index (χ3n) is 6.76. The summed E-state index contributed by atoms with van der Waals surface area (Å²) in [4.78, 5) is 0. The number of hydrogen-bond acceptors (Lipinski definition) is 4. The number of unbranched alkanes of at least 4 members (excludes halogenated alkanes) is 11. The van der Waals surface area contributed by atoms with Crippen LogP contribution in [0.5, 0.6) is 0 Å². The molecule has 0 saturated heterocycles. The Hall–Kier alpha value is 0.347. The van der Waals surface area contributed by atoms with Crippen LogP contribution in [0, 0.1) is 0 Å². The summed E-state index contributed by atoms with van der Waals surface area (Å²) in [6.45, 7) is 8.72. The first-order chi connectivity index (χ1) is 13.8. The Bertz CT molecular complexity index is 381. The maximum atomic E-state index is 6.75. The minimum absolute atomic E-state index is 0. The fourth-order valence-electron chi connectivity index (χ4n) is 5.00. The molecule has 0 aromatic heterocycles. The molecule has 1 atom stereocenters. The molecule has 0 amide bonds. The third-order valence-corrected chi connectivity index (χ3v) is 10.7. The van der Waals surface area contributed by atoms with E-state index in [4.69, 9.17) is 19.0 Å². The Morgan fingerprint density at radius 1 is 0.600 bits per heavy atom. The topological polar surface area (TPSA) is 53.7 Å². The molecule has 0 heterocycles. The molecule has 0 aliphatic carbocycles. The van der Waals surface area contributed by atoms with Crippen molar-refractivity contribution in [2.24, 2.45) is 5.73 Å². The number of halogens is 1. The van der Waals surface area contributed by atoms with E-state index in [0.717, 1.165) is 25.7 Å². The van der Waals surface area contributed by atoms with Crippen molar-refractivity contribution < 1.29 is 13.3 Å². The van der Waals surface area contributed by atoms with Gasteiger partial charge in [-0.15, -0.1) is 12.4 Å². The van der Waals surface area contributed by atoms with Crippen LogP contribution in [0.1, 0.15) is 124 Å². The van der Waals surface area contributed by atoms with Crippen LogP contribution >= 0.6 is 12.4 Å². The van der Waals surface area contributed by atoms with Gasteiger partial charge in [-0.05, 0) is 26.7 Å². The lowest BCUT2D eigenvalue weighted by atomic mass is 9.79. The first-order valence-corrected chi connectivity index (χ1v) is 14.0. The molecule has 0 spiro atoms. The van der Waals surface area contributed by atoms with Gasteiger partial charge in [-0.1, -0.05) is 97.3 Å². The maximum Gasteiger partial charge on any atom is 0.508 e. The molecule has 184 valence electrons. The van der Waals surface area contributed by atoms with Gasteiger partial charge in [0.25, 0.3) is 0 Å². The molecule has 0 aromatic rings. The Balaban J connectivity index is 0. The lowest BCUT2D eigenvalue weighted by molar-refractivity contribution is 0.0594. The van der Waals surface area contributed by atoms with Gasteiger partial charge in [0.2, 0.25) is 0 Å². The van der Waals surface area contributed by atoms with E-state index in [1.807, 2.05) is 0 Å². The van der Waals surface area contributed by atoms with E-state index < -0.39 is 14.3 Å². The molecule has 0 aliphatic heterocycles. The van der Waals surface area contributed by atoms with Gasteiger partial charge in [-0.25, -0.2) is 0 Å². The van der Waals surface area contributed by atoms with Crippen LogP contribution in [0.4, 0.5) is 0 Å². The Morgan fingerprint density at radius 2 is 0.967 bits per heavy atom. The van der Waals surface area contributed by atoms with E-state index in [-0.39, 0.29) is 17.4 Å². The first-order valence-electron chi connectivity index (χ1n) is 12.2. The molecule has 0 aliphatic rings. The predicted molar refractivity (Wildman–Crippen MR) is 136 cm³/mol. The molecule has 0 saturated carbocycles. The van der Waals surface area contributed by atoms with Crippen molar-refractivity contribution in [1.29, 1.82) is 0 Å². The quantitative estimate of drug-likeness (QED) is 0.147. The number of rotatable bonds is 20. The number of nitrogens with two attached hydrogens (primary N) is 1. The van der Waals surface area contributed by atoms with Crippen molar-refractivity contribution in [2.45, 2.75) is 135 Å². The summed E-state index contributed by atoms with van der Waals surface area (Å²) in [5, 5.41) is -0.258. The second-order valence-electron chi connectivity index (χ2n) is 9.36. The van der Waals surface area contributed by atoms with Gasteiger partial charge >= 0.3 is 8.80 Å². The summed E-state index contributed by atoms with van der Waals surface area (Å²) < 4.78 is 17.9. The maximum absolute atomic E-state index is 6.75. The summed E-state index contributed by atoms with van der Waals surface area (Å²) in [6.07, 6.45) is 19.3. The van der Waals surface area contributed by atoms with E-state index >= 15 is 0 Å². The van der Waals surface area contributed by atoms with Crippen LogP contribution in [0.2, 0.25) is 5.04 Å². The third kappa shape index (κ3) is 9.87. The highest BCUT2D eigenvalue weighted by atomic mass is 35.5. The van der Waals surface area contributed by atoms with Crippen molar-refractivity contribution in [3.05, 3.63) is 0 Å². The molecule has 0 bridgehead atoms. The van der Waals surface area contributed by atoms with Crippen molar-refractivity contribution in [3.8, 4) is 0 Å². The van der Waals surface area contributed by atoms with E-state index in [2.05, 4.69) is 27.7 Å². The highest BCUT2D eigenvalue weighted by molar-refractivity contribution is 6.64. The molecule has 0 aromatic carbocycles. The molecule has 1 unspecified atom stereocenters. The second-order valence-corrected chi connectivity index (χ2v) is 12.7. The Morgan fingerprint density at radius 3 is 1.27 bits per heavy atom. The summed E-state index contributed by atoms with van der Waals surface area (Å²) in [5.41, 5.74) is 6.33. The SMILES string of the molecule is CCCCCCCCCCCCCCC(CCC)(C(C)(C)N)[Si](OC)(OC)OC.Cl. The van der Waals surface area contributed by atoms with Crippen molar-refractivity contribution in [1.82, 2.24) is 0 Å². The molecular formula is C24H54ClNO3Si. The molecule has 30 heavy (non-hydrogen) atoms. The molecule has 4 nitrogen and oxygen atoms in total. The highest BCUT2D eigenvalue weighted by Crippen LogP contribution is 2.55. The average Bonchev–Trinajstić information content (AvgIpc) is 2.69. The molecule has 6 heteroatoms.